The second-order valence-electron chi connectivity index (χ2n) is 6.45. The number of methoxy groups -OCH3 is 2. The number of amides is 1. The van der Waals surface area contributed by atoms with E-state index in [0.29, 0.717) is 38.7 Å². The van der Waals surface area contributed by atoms with Crippen LogP contribution in [0, 0.1) is 6.92 Å². The molecule has 0 aliphatic carbocycles. The summed E-state index contributed by atoms with van der Waals surface area (Å²) in [6.07, 6.45) is 4.62. The molecule has 4 rings (SSSR count). The minimum Gasteiger partial charge on any atom is -0.480 e. The summed E-state index contributed by atoms with van der Waals surface area (Å²) in [5.74, 6) is 1.55. The maximum Gasteiger partial charge on any atom is 0.266 e. The molecule has 0 spiro atoms. The maximum absolute atomic E-state index is 13.0. The van der Waals surface area contributed by atoms with E-state index in [4.69, 9.17) is 14.2 Å². The third-order valence-electron chi connectivity index (χ3n) is 4.33. The van der Waals surface area contributed by atoms with Crippen LogP contribution < -0.4 is 14.8 Å². The molecule has 0 fully saturated rings. The predicted octanol–water partition coefficient (Wildman–Crippen LogP) is 3.99. The quantitative estimate of drug-likeness (QED) is 0.462. The van der Waals surface area contributed by atoms with Gasteiger partial charge in [-0.05, 0) is 24.6 Å². The van der Waals surface area contributed by atoms with Crippen molar-refractivity contribution in [3.05, 3.63) is 59.1 Å². The van der Waals surface area contributed by atoms with Crippen LogP contribution in [0.5, 0.6) is 17.5 Å². The third-order valence-corrected chi connectivity index (χ3v) is 5.51. The number of fused-ring (bicyclic) bond motifs is 1. The highest BCUT2D eigenvalue weighted by Crippen LogP contribution is 2.35. The van der Waals surface area contributed by atoms with Crippen LogP contribution in [-0.2, 0) is 11.3 Å². The van der Waals surface area contributed by atoms with Crippen molar-refractivity contribution in [3.8, 4) is 17.5 Å². The van der Waals surface area contributed by atoms with Gasteiger partial charge in [0, 0.05) is 31.3 Å². The molecule has 0 aliphatic heterocycles. The molecule has 0 radical (unpaired) electrons. The van der Waals surface area contributed by atoms with Crippen molar-refractivity contribution in [1.82, 2.24) is 19.9 Å². The lowest BCUT2D eigenvalue weighted by atomic mass is 10.2. The number of hydrogen-bond acceptors (Lipinski definition) is 9. The fourth-order valence-electron chi connectivity index (χ4n) is 2.99. The van der Waals surface area contributed by atoms with E-state index in [-0.39, 0.29) is 12.5 Å². The summed E-state index contributed by atoms with van der Waals surface area (Å²) in [5.41, 5.74) is 1.34. The summed E-state index contributed by atoms with van der Waals surface area (Å²) in [4.78, 5) is 31.1. The van der Waals surface area contributed by atoms with Crippen molar-refractivity contribution in [2.24, 2.45) is 0 Å². The van der Waals surface area contributed by atoms with Crippen molar-refractivity contribution in [2.45, 2.75) is 13.5 Å². The summed E-state index contributed by atoms with van der Waals surface area (Å²) < 4.78 is 16.2. The number of aryl methyl sites for hydroxylation is 1. The molecule has 31 heavy (non-hydrogen) atoms. The molecule has 3 aromatic heterocycles. The molecule has 0 bridgehead atoms. The molecule has 0 saturated heterocycles. The Morgan fingerprint density at radius 1 is 1.19 bits per heavy atom. The maximum atomic E-state index is 13.0. The van der Waals surface area contributed by atoms with Gasteiger partial charge in [0.1, 0.15) is 17.2 Å². The third kappa shape index (κ3) is 4.44. The van der Waals surface area contributed by atoms with Gasteiger partial charge in [-0.1, -0.05) is 6.07 Å². The Morgan fingerprint density at radius 2 is 2.06 bits per heavy atom. The fourth-order valence-corrected chi connectivity index (χ4v) is 4.07. The zero-order valence-corrected chi connectivity index (χ0v) is 17.9. The lowest BCUT2D eigenvalue weighted by Gasteiger charge is -2.08. The van der Waals surface area contributed by atoms with Crippen LogP contribution in [0.2, 0.25) is 0 Å². The van der Waals surface area contributed by atoms with Crippen LogP contribution in [0.1, 0.15) is 21.1 Å². The molecule has 3 heterocycles. The van der Waals surface area contributed by atoms with Crippen molar-refractivity contribution in [2.75, 3.05) is 19.5 Å². The summed E-state index contributed by atoms with van der Waals surface area (Å²) in [6.45, 7) is 2.10. The van der Waals surface area contributed by atoms with E-state index in [0.717, 1.165) is 10.9 Å². The summed E-state index contributed by atoms with van der Waals surface area (Å²) >= 11 is 1.28. The van der Waals surface area contributed by atoms with E-state index in [1.165, 1.54) is 24.6 Å². The number of carbonyl (C=O) groups is 1. The number of anilines is 1. The number of thiophene rings is 1. The molecule has 10 heteroatoms. The molecule has 158 valence electrons. The zero-order valence-electron chi connectivity index (χ0n) is 17.1. The highest BCUT2D eigenvalue weighted by Gasteiger charge is 2.21. The van der Waals surface area contributed by atoms with E-state index in [1.807, 2.05) is 6.92 Å². The highest BCUT2D eigenvalue weighted by molar-refractivity contribution is 7.20. The second kappa shape index (κ2) is 9.02. The summed E-state index contributed by atoms with van der Waals surface area (Å²) in [5, 5.41) is 3.62. The van der Waals surface area contributed by atoms with Crippen LogP contribution in [0.3, 0.4) is 0 Å². The lowest BCUT2D eigenvalue weighted by Crippen LogP contribution is -2.11. The highest BCUT2D eigenvalue weighted by atomic mass is 32.1. The zero-order chi connectivity index (χ0) is 21.8. The summed E-state index contributed by atoms with van der Waals surface area (Å²) in [7, 11) is 3.11. The van der Waals surface area contributed by atoms with Crippen molar-refractivity contribution in [3.63, 3.8) is 0 Å². The SMILES string of the molecule is COCc1nc(OC)c2c(C)c(C(=O)Nc3cccc(Oc4cnccn4)c3)sc2n1. The van der Waals surface area contributed by atoms with Crippen LogP contribution in [0.4, 0.5) is 5.69 Å². The lowest BCUT2D eigenvalue weighted by molar-refractivity contribution is 0.103. The summed E-state index contributed by atoms with van der Waals surface area (Å²) in [6, 6.07) is 7.05. The number of nitrogens with one attached hydrogen (secondary N) is 1. The Kier molecular flexibility index (Phi) is 6.01. The van der Waals surface area contributed by atoms with Gasteiger partial charge < -0.3 is 19.5 Å². The normalized spacial score (nSPS) is 10.8. The van der Waals surface area contributed by atoms with Gasteiger partial charge in [0.25, 0.3) is 5.91 Å². The average Bonchev–Trinajstić information content (AvgIpc) is 3.11. The van der Waals surface area contributed by atoms with Crippen LogP contribution >= 0.6 is 11.3 Å². The average molecular weight is 437 g/mol. The molecule has 0 atom stereocenters. The fraction of sp³-hybridized carbons (Fsp3) is 0.190. The van der Waals surface area contributed by atoms with Gasteiger partial charge in [0.2, 0.25) is 11.8 Å². The number of ether oxygens (including phenoxy) is 3. The molecule has 1 N–H and O–H groups in total. The van der Waals surface area contributed by atoms with Gasteiger partial charge in [-0.3, -0.25) is 9.78 Å². The number of hydrogen-bond donors (Lipinski definition) is 1. The van der Waals surface area contributed by atoms with E-state index in [1.54, 1.807) is 43.8 Å². The van der Waals surface area contributed by atoms with Gasteiger partial charge in [0.05, 0.1) is 23.6 Å². The monoisotopic (exact) mass is 437 g/mol. The smallest absolute Gasteiger partial charge is 0.266 e. The molecule has 0 unspecified atom stereocenters. The van der Waals surface area contributed by atoms with E-state index in [9.17, 15) is 4.79 Å². The van der Waals surface area contributed by atoms with E-state index >= 15 is 0 Å². The Hall–Kier alpha value is -3.63. The molecule has 0 aliphatic rings. The number of benzene rings is 1. The largest absolute Gasteiger partial charge is 0.480 e. The Balaban J connectivity index is 1.60. The molecule has 1 amide bonds. The van der Waals surface area contributed by atoms with Crippen LogP contribution in [0.25, 0.3) is 10.2 Å². The van der Waals surface area contributed by atoms with Crippen molar-refractivity contribution >= 4 is 33.1 Å². The van der Waals surface area contributed by atoms with E-state index < -0.39 is 0 Å². The van der Waals surface area contributed by atoms with Crippen LogP contribution in [-0.4, -0.2) is 40.1 Å². The first kappa shape index (κ1) is 20.6. The Bertz CT molecular complexity index is 1230. The number of nitrogens with zero attached hydrogens (tertiary/aromatic N) is 4. The van der Waals surface area contributed by atoms with Gasteiger partial charge in [-0.25, -0.2) is 9.97 Å². The van der Waals surface area contributed by atoms with Crippen LogP contribution in [0.15, 0.2) is 42.9 Å². The first-order valence-corrected chi connectivity index (χ1v) is 10.1. The minimum atomic E-state index is -0.257. The Labute approximate surface area is 182 Å². The van der Waals surface area contributed by atoms with Gasteiger partial charge >= 0.3 is 0 Å². The Morgan fingerprint density at radius 3 is 2.81 bits per heavy atom. The van der Waals surface area contributed by atoms with Gasteiger partial charge in [-0.15, -0.1) is 11.3 Å². The molecule has 9 nitrogen and oxygen atoms in total. The molecule has 1 aromatic carbocycles. The standard InChI is InChI=1S/C21H19N5O4S/c1-12-17-20(29-3)25-15(11-28-2)26-21(17)31-18(12)19(27)24-13-5-4-6-14(9-13)30-16-10-22-7-8-23-16/h4-10H,11H2,1-3H3,(H,24,27). The number of carbonyl (C=O) groups excluding carboxylic acids is 1. The predicted molar refractivity (Wildman–Crippen MR) is 116 cm³/mol. The van der Waals surface area contributed by atoms with Crippen molar-refractivity contribution in [1.29, 1.82) is 0 Å². The number of aromatic nitrogens is 4. The molecular weight excluding hydrogens is 418 g/mol. The van der Waals surface area contributed by atoms with Crippen molar-refractivity contribution < 1.29 is 19.0 Å². The second-order valence-corrected chi connectivity index (χ2v) is 7.45. The first-order valence-electron chi connectivity index (χ1n) is 9.27. The van der Waals surface area contributed by atoms with E-state index in [2.05, 4.69) is 25.3 Å². The van der Waals surface area contributed by atoms with Gasteiger partial charge in [0.15, 0.2) is 5.82 Å². The first-order chi connectivity index (χ1) is 15.1. The molecule has 0 saturated carbocycles. The minimum absolute atomic E-state index is 0.253. The molecular formula is C21H19N5O4S. The number of rotatable bonds is 7. The van der Waals surface area contributed by atoms with Gasteiger partial charge in [-0.2, -0.15) is 4.98 Å². The topological polar surface area (TPSA) is 108 Å². The molecule has 4 aromatic rings.